The van der Waals surface area contributed by atoms with Crippen molar-refractivity contribution >= 4 is 5.97 Å². The molecule has 12 heavy (non-hydrogen) atoms. The Morgan fingerprint density at radius 3 is 2.58 bits per heavy atom. The highest BCUT2D eigenvalue weighted by atomic mass is 16.5. The smallest absolute Gasteiger partial charge is 0.308 e. The quantitative estimate of drug-likeness (QED) is 0.642. The molecular formula is C9H18O3. The third-order valence-electron chi connectivity index (χ3n) is 1.82. The maximum atomic E-state index is 10.8. The monoisotopic (exact) mass is 174 g/mol. The fraction of sp³-hybridized carbons (Fsp3) is 0.889. The second kappa shape index (κ2) is 5.14. The van der Waals surface area contributed by atoms with Crippen molar-refractivity contribution in [1.82, 2.24) is 0 Å². The van der Waals surface area contributed by atoms with Crippen LogP contribution in [0.3, 0.4) is 0 Å². The summed E-state index contributed by atoms with van der Waals surface area (Å²) < 4.78 is 4.47. The van der Waals surface area contributed by atoms with Crippen LogP contribution in [0.1, 0.15) is 39.5 Å². The Hall–Kier alpha value is -0.570. The van der Waals surface area contributed by atoms with Crippen molar-refractivity contribution in [2.24, 2.45) is 0 Å². The highest BCUT2D eigenvalue weighted by Gasteiger charge is 2.23. The molecule has 0 fully saturated rings. The molecule has 0 aliphatic carbocycles. The van der Waals surface area contributed by atoms with Crippen molar-refractivity contribution in [1.29, 1.82) is 0 Å². The van der Waals surface area contributed by atoms with Crippen LogP contribution < -0.4 is 0 Å². The molecule has 0 saturated heterocycles. The summed E-state index contributed by atoms with van der Waals surface area (Å²) in [5.41, 5.74) is -0.900. The van der Waals surface area contributed by atoms with Crippen LogP contribution in [-0.4, -0.2) is 23.8 Å². The molecule has 0 aromatic carbocycles. The zero-order chi connectivity index (χ0) is 9.61. The van der Waals surface area contributed by atoms with Gasteiger partial charge in [0.25, 0.3) is 0 Å². The van der Waals surface area contributed by atoms with E-state index >= 15 is 0 Å². The van der Waals surface area contributed by atoms with E-state index < -0.39 is 5.60 Å². The van der Waals surface area contributed by atoms with Crippen LogP contribution in [0.15, 0.2) is 0 Å². The molecule has 0 heterocycles. The van der Waals surface area contributed by atoms with Crippen LogP contribution in [0, 0.1) is 0 Å². The molecule has 0 aliphatic rings. The predicted octanol–water partition coefficient (Wildman–Crippen LogP) is 1.49. The summed E-state index contributed by atoms with van der Waals surface area (Å²) in [6.45, 7) is 3.72. The van der Waals surface area contributed by atoms with E-state index in [1.54, 1.807) is 6.92 Å². The van der Waals surface area contributed by atoms with Gasteiger partial charge in [0.15, 0.2) is 0 Å². The Kier molecular flexibility index (Phi) is 4.90. The summed E-state index contributed by atoms with van der Waals surface area (Å²) in [5, 5.41) is 9.65. The first-order chi connectivity index (χ1) is 5.52. The number of ether oxygens (including phenoxy) is 1. The van der Waals surface area contributed by atoms with Crippen molar-refractivity contribution in [3.05, 3.63) is 0 Å². The predicted molar refractivity (Wildman–Crippen MR) is 46.8 cm³/mol. The fourth-order valence-corrected chi connectivity index (χ4v) is 1.03. The lowest BCUT2D eigenvalue weighted by Gasteiger charge is -2.21. The topological polar surface area (TPSA) is 46.5 Å². The average molecular weight is 174 g/mol. The molecule has 0 saturated carbocycles. The van der Waals surface area contributed by atoms with Crippen LogP contribution in [-0.2, 0) is 9.53 Å². The fourth-order valence-electron chi connectivity index (χ4n) is 1.03. The summed E-state index contributed by atoms with van der Waals surface area (Å²) >= 11 is 0. The molecule has 1 atom stereocenters. The summed E-state index contributed by atoms with van der Waals surface area (Å²) in [6.07, 6.45) is 2.70. The lowest BCUT2D eigenvalue weighted by molar-refractivity contribution is -0.145. The van der Waals surface area contributed by atoms with Gasteiger partial charge in [0.1, 0.15) is 0 Å². The van der Waals surface area contributed by atoms with E-state index in [0.717, 1.165) is 12.8 Å². The largest absolute Gasteiger partial charge is 0.469 e. The summed E-state index contributed by atoms with van der Waals surface area (Å²) in [7, 11) is 1.33. The number of methoxy groups -OCH3 is 1. The number of carbonyl (C=O) groups is 1. The minimum Gasteiger partial charge on any atom is -0.469 e. The number of hydrogen-bond donors (Lipinski definition) is 1. The summed E-state index contributed by atoms with van der Waals surface area (Å²) in [5.74, 6) is -0.351. The highest BCUT2D eigenvalue weighted by molar-refractivity contribution is 5.70. The van der Waals surface area contributed by atoms with E-state index in [2.05, 4.69) is 4.74 Å². The molecule has 0 rings (SSSR count). The first-order valence-corrected chi connectivity index (χ1v) is 4.31. The maximum Gasteiger partial charge on any atom is 0.308 e. The number of carbonyl (C=O) groups excluding carboxylic acids is 1. The molecule has 0 spiro atoms. The van der Waals surface area contributed by atoms with Gasteiger partial charge in [-0.15, -0.1) is 0 Å². The Morgan fingerprint density at radius 1 is 1.58 bits per heavy atom. The summed E-state index contributed by atoms with van der Waals surface area (Å²) in [6, 6.07) is 0. The number of hydrogen-bond acceptors (Lipinski definition) is 3. The molecule has 1 unspecified atom stereocenters. The van der Waals surface area contributed by atoms with E-state index in [0.29, 0.717) is 6.42 Å². The van der Waals surface area contributed by atoms with Crippen molar-refractivity contribution in [2.45, 2.75) is 45.1 Å². The van der Waals surface area contributed by atoms with Crippen LogP contribution >= 0.6 is 0 Å². The normalized spacial score (nSPS) is 15.3. The average Bonchev–Trinajstić information content (AvgIpc) is 2.00. The molecular weight excluding hydrogens is 156 g/mol. The van der Waals surface area contributed by atoms with Crippen molar-refractivity contribution in [3.8, 4) is 0 Å². The highest BCUT2D eigenvalue weighted by Crippen LogP contribution is 2.17. The van der Waals surface area contributed by atoms with Crippen LogP contribution in [0.25, 0.3) is 0 Å². The molecule has 0 aliphatic heterocycles. The number of rotatable bonds is 5. The van der Waals surface area contributed by atoms with Crippen molar-refractivity contribution in [2.75, 3.05) is 7.11 Å². The van der Waals surface area contributed by atoms with Gasteiger partial charge in [-0.2, -0.15) is 0 Å². The molecule has 0 aromatic rings. The minimum absolute atomic E-state index is 0.0868. The van der Waals surface area contributed by atoms with Gasteiger partial charge in [-0.05, 0) is 13.3 Å². The minimum atomic E-state index is -0.900. The van der Waals surface area contributed by atoms with E-state index in [-0.39, 0.29) is 12.4 Å². The third-order valence-corrected chi connectivity index (χ3v) is 1.82. The maximum absolute atomic E-state index is 10.8. The Bertz CT molecular complexity index is 141. The van der Waals surface area contributed by atoms with Gasteiger partial charge in [-0.3, -0.25) is 4.79 Å². The van der Waals surface area contributed by atoms with Crippen LogP contribution in [0.2, 0.25) is 0 Å². The first kappa shape index (κ1) is 11.4. The molecule has 0 aromatic heterocycles. The molecule has 3 heteroatoms. The zero-order valence-corrected chi connectivity index (χ0v) is 8.09. The lowest BCUT2D eigenvalue weighted by atomic mass is 9.95. The van der Waals surface area contributed by atoms with E-state index in [9.17, 15) is 9.90 Å². The standard InChI is InChI=1S/C9H18O3/c1-4-5-6-9(2,11)7-8(10)12-3/h11H,4-7H2,1-3H3. The van der Waals surface area contributed by atoms with E-state index in [1.165, 1.54) is 7.11 Å². The molecule has 72 valence electrons. The van der Waals surface area contributed by atoms with Gasteiger partial charge < -0.3 is 9.84 Å². The number of unbranched alkanes of at least 4 members (excludes halogenated alkanes) is 1. The molecule has 0 amide bonds. The van der Waals surface area contributed by atoms with Crippen LogP contribution in [0.4, 0.5) is 0 Å². The molecule has 0 radical (unpaired) electrons. The van der Waals surface area contributed by atoms with Gasteiger partial charge in [-0.1, -0.05) is 19.8 Å². The molecule has 0 bridgehead atoms. The summed E-state index contributed by atoms with van der Waals surface area (Å²) in [4.78, 5) is 10.8. The first-order valence-electron chi connectivity index (χ1n) is 4.31. The molecule has 3 nitrogen and oxygen atoms in total. The van der Waals surface area contributed by atoms with Crippen LogP contribution in [0.5, 0.6) is 0 Å². The lowest BCUT2D eigenvalue weighted by Crippen LogP contribution is -2.28. The SMILES string of the molecule is CCCCC(C)(O)CC(=O)OC. The van der Waals surface area contributed by atoms with E-state index in [4.69, 9.17) is 0 Å². The Morgan fingerprint density at radius 2 is 2.17 bits per heavy atom. The Balaban J connectivity index is 3.77. The van der Waals surface area contributed by atoms with E-state index in [1.807, 2.05) is 6.92 Å². The van der Waals surface area contributed by atoms with Gasteiger partial charge >= 0.3 is 5.97 Å². The number of esters is 1. The Labute approximate surface area is 73.7 Å². The molecule has 1 N–H and O–H groups in total. The van der Waals surface area contributed by atoms with Gasteiger partial charge in [0.05, 0.1) is 19.1 Å². The van der Waals surface area contributed by atoms with Gasteiger partial charge in [0.2, 0.25) is 0 Å². The third kappa shape index (κ3) is 5.13. The van der Waals surface area contributed by atoms with Gasteiger partial charge in [0, 0.05) is 0 Å². The van der Waals surface area contributed by atoms with Crippen molar-refractivity contribution in [3.63, 3.8) is 0 Å². The second-order valence-corrected chi connectivity index (χ2v) is 3.35. The number of aliphatic hydroxyl groups is 1. The van der Waals surface area contributed by atoms with Gasteiger partial charge in [-0.25, -0.2) is 0 Å². The zero-order valence-electron chi connectivity index (χ0n) is 8.09. The second-order valence-electron chi connectivity index (χ2n) is 3.35. The van der Waals surface area contributed by atoms with Crippen molar-refractivity contribution < 1.29 is 14.6 Å².